The lowest BCUT2D eigenvalue weighted by molar-refractivity contribution is 0.861. The lowest BCUT2D eigenvalue weighted by atomic mass is 10.2. The predicted molar refractivity (Wildman–Crippen MR) is 45.3 cm³/mol. The third kappa shape index (κ3) is 1.01. The van der Waals surface area contributed by atoms with Gasteiger partial charge in [-0.05, 0) is 6.08 Å². The standard InChI is InChI=1S/C7H8N4/c8-3-6-10-4-5-1-2-9-7(5)11-6/h1-2,4,7H,3,8H2/t7-/m0/s1. The van der Waals surface area contributed by atoms with Crippen molar-refractivity contribution in [3.05, 3.63) is 11.6 Å². The van der Waals surface area contributed by atoms with Gasteiger partial charge in [-0.15, -0.1) is 0 Å². The first-order chi connectivity index (χ1) is 5.40. The number of fused-ring (bicyclic) bond motifs is 1. The Kier molecular flexibility index (Phi) is 1.40. The molecule has 0 saturated carbocycles. The van der Waals surface area contributed by atoms with Gasteiger partial charge in [0.15, 0.2) is 6.17 Å². The summed E-state index contributed by atoms with van der Waals surface area (Å²) in [6.07, 6.45) is 5.36. The van der Waals surface area contributed by atoms with Crippen molar-refractivity contribution in [2.45, 2.75) is 6.17 Å². The maximum Gasteiger partial charge on any atom is 0.168 e. The zero-order chi connectivity index (χ0) is 7.68. The van der Waals surface area contributed by atoms with Crippen molar-refractivity contribution in [3.8, 4) is 0 Å². The third-order valence-electron chi connectivity index (χ3n) is 1.61. The summed E-state index contributed by atoms with van der Waals surface area (Å²) in [4.78, 5) is 12.3. The average molecular weight is 148 g/mol. The number of rotatable bonds is 1. The Hall–Kier alpha value is -1.29. The summed E-state index contributed by atoms with van der Waals surface area (Å²) in [5.74, 6) is 0.672. The van der Waals surface area contributed by atoms with Gasteiger partial charge in [0.05, 0.1) is 6.54 Å². The van der Waals surface area contributed by atoms with Crippen LogP contribution in [0.2, 0.25) is 0 Å². The summed E-state index contributed by atoms with van der Waals surface area (Å²) in [5, 5.41) is 0. The second-order valence-corrected chi connectivity index (χ2v) is 2.35. The number of allylic oxidation sites excluding steroid dienone is 1. The van der Waals surface area contributed by atoms with Crippen LogP contribution >= 0.6 is 0 Å². The fourth-order valence-corrected chi connectivity index (χ4v) is 1.03. The van der Waals surface area contributed by atoms with E-state index < -0.39 is 0 Å². The minimum atomic E-state index is -0.0638. The van der Waals surface area contributed by atoms with Gasteiger partial charge in [-0.2, -0.15) is 0 Å². The summed E-state index contributed by atoms with van der Waals surface area (Å²) in [7, 11) is 0. The molecule has 2 N–H and O–H groups in total. The van der Waals surface area contributed by atoms with E-state index in [1.807, 2.05) is 6.08 Å². The molecule has 2 heterocycles. The number of hydrogen-bond donors (Lipinski definition) is 1. The van der Waals surface area contributed by atoms with Crippen molar-refractivity contribution < 1.29 is 0 Å². The number of nitrogens with zero attached hydrogens (tertiary/aromatic N) is 3. The smallest absolute Gasteiger partial charge is 0.168 e. The first kappa shape index (κ1) is 6.42. The summed E-state index contributed by atoms with van der Waals surface area (Å²) in [6, 6.07) is 0. The van der Waals surface area contributed by atoms with E-state index in [9.17, 15) is 0 Å². The Bertz CT molecular complexity index is 285. The second kappa shape index (κ2) is 2.39. The van der Waals surface area contributed by atoms with E-state index in [4.69, 9.17) is 5.73 Å². The Morgan fingerprint density at radius 1 is 1.55 bits per heavy atom. The zero-order valence-corrected chi connectivity index (χ0v) is 5.94. The van der Waals surface area contributed by atoms with Gasteiger partial charge in [0.25, 0.3) is 0 Å². The van der Waals surface area contributed by atoms with Crippen LogP contribution in [-0.4, -0.2) is 31.0 Å². The molecule has 4 nitrogen and oxygen atoms in total. The van der Waals surface area contributed by atoms with Gasteiger partial charge in [0.1, 0.15) is 5.84 Å². The van der Waals surface area contributed by atoms with Gasteiger partial charge >= 0.3 is 0 Å². The molecular weight excluding hydrogens is 140 g/mol. The monoisotopic (exact) mass is 148 g/mol. The van der Waals surface area contributed by atoms with Gasteiger partial charge in [0.2, 0.25) is 0 Å². The first-order valence-electron chi connectivity index (χ1n) is 3.44. The lowest BCUT2D eigenvalue weighted by Crippen LogP contribution is -2.19. The highest BCUT2D eigenvalue weighted by Gasteiger charge is 2.16. The topological polar surface area (TPSA) is 63.1 Å². The molecule has 0 aromatic carbocycles. The van der Waals surface area contributed by atoms with Crippen LogP contribution < -0.4 is 5.73 Å². The van der Waals surface area contributed by atoms with Crippen LogP contribution in [0.15, 0.2) is 26.6 Å². The molecule has 4 heteroatoms. The maximum atomic E-state index is 5.37. The highest BCUT2D eigenvalue weighted by Crippen LogP contribution is 2.14. The summed E-state index contributed by atoms with van der Waals surface area (Å²) < 4.78 is 0. The average Bonchev–Trinajstić information content (AvgIpc) is 2.50. The minimum Gasteiger partial charge on any atom is -0.324 e. The molecule has 2 aliphatic heterocycles. The Balaban J connectivity index is 2.29. The molecule has 0 unspecified atom stereocenters. The van der Waals surface area contributed by atoms with Crippen LogP contribution in [0.1, 0.15) is 0 Å². The Morgan fingerprint density at radius 2 is 2.45 bits per heavy atom. The van der Waals surface area contributed by atoms with Crippen molar-refractivity contribution in [2.75, 3.05) is 6.54 Å². The molecule has 0 fully saturated rings. The first-order valence-corrected chi connectivity index (χ1v) is 3.44. The van der Waals surface area contributed by atoms with Crippen molar-refractivity contribution >= 4 is 18.3 Å². The number of aliphatic imine (C=N–C) groups is 3. The Labute approximate surface area is 64.3 Å². The molecule has 0 amide bonds. The molecule has 0 spiro atoms. The summed E-state index contributed by atoms with van der Waals surface area (Å²) in [6.45, 7) is 0.385. The van der Waals surface area contributed by atoms with Crippen LogP contribution in [-0.2, 0) is 0 Å². The van der Waals surface area contributed by atoms with Gasteiger partial charge in [-0.3, -0.25) is 4.99 Å². The van der Waals surface area contributed by atoms with Crippen LogP contribution in [0.25, 0.3) is 0 Å². The van der Waals surface area contributed by atoms with E-state index >= 15 is 0 Å². The summed E-state index contributed by atoms with van der Waals surface area (Å²) >= 11 is 0. The lowest BCUT2D eigenvalue weighted by Gasteiger charge is -2.09. The quantitative estimate of drug-likeness (QED) is 0.548. The second-order valence-electron chi connectivity index (χ2n) is 2.35. The molecule has 0 aromatic rings. The van der Waals surface area contributed by atoms with E-state index in [2.05, 4.69) is 15.0 Å². The highest BCUT2D eigenvalue weighted by atomic mass is 15.1. The van der Waals surface area contributed by atoms with Crippen molar-refractivity contribution in [1.29, 1.82) is 0 Å². The minimum absolute atomic E-state index is 0.0638. The molecule has 56 valence electrons. The fourth-order valence-electron chi connectivity index (χ4n) is 1.03. The third-order valence-corrected chi connectivity index (χ3v) is 1.61. The molecule has 0 aliphatic carbocycles. The van der Waals surface area contributed by atoms with Gasteiger partial charge in [-0.1, -0.05) is 0 Å². The van der Waals surface area contributed by atoms with E-state index in [-0.39, 0.29) is 6.17 Å². The molecule has 0 aromatic heterocycles. The molecule has 0 bridgehead atoms. The van der Waals surface area contributed by atoms with Gasteiger partial charge in [0, 0.05) is 18.0 Å². The van der Waals surface area contributed by atoms with E-state index in [1.165, 1.54) is 0 Å². The molecule has 0 radical (unpaired) electrons. The molecule has 2 aliphatic rings. The van der Waals surface area contributed by atoms with E-state index in [0.717, 1.165) is 5.57 Å². The van der Waals surface area contributed by atoms with Gasteiger partial charge < -0.3 is 5.73 Å². The SMILES string of the molecule is NCC1=N[C@@H]2N=CC=C2C=N1. The summed E-state index contributed by atoms with van der Waals surface area (Å²) in [5.41, 5.74) is 6.41. The van der Waals surface area contributed by atoms with Crippen LogP contribution in [0, 0.1) is 0 Å². The zero-order valence-electron chi connectivity index (χ0n) is 5.94. The predicted octanol–water partition coefficient (Wildman–Crippen LogP) is -0.235. The molecule has 1 atom stereocenters. The number of nitrogens with two attached hydrogens (primary N) is 1. The van der Waals surface area contributed by atoms with Crippen LogP contribution in [0.3, 0.4) is 0 Å². The van der Waals surface area contributed by atoms with E-state index in [1.54, 1.807) is 12.4 Å². The molecular formula is C7H8N4. The normalized spacial score (nSPS) is 26.5. The molecule has 0 saturated heterocycles. The Morgan fingerprint density at radius 3 is 3.27 bits per heavy atom. The molecule has 2 rings (SSSR count). The number of hydrogen-bond acceptors (Lipinski definition) is 4. The van der Waals surface area contributed by atoms with Crippen molar-refractivity contribution in [3.63, 3.8) is 0 Å². The van der Waals surface area contributed by atoms with Crippen LogP contribution in [0.5, 0.6) is 0 Å². The van der Waals surface area contributed by atoms with E-state index in [0.29, 0.717) is 12.4 Å². The maximum absolute atomic E-state index is 5.37. The van der Waals surface area contributed by atoms with Crippen molar-refractivity contribution in [2.24, 2.45) is 20.7 Å². The fraction of sp³-hybridized carbons (Fsp3) is 0.286. The van der Waals surface area contributed by atoms with Crippen LogP contribution in [0.4, 0.5) is 0 Å². The highest BCUT2D eigenvalue weighted by molar-refractivity contribution is 6.02. The number of amidine groups is 1. The largest absolute Gasteiger partial charge is 0.324 e. The van der Waals surface area contributed by atoms with Gasteiger partial charge in [-0.25, -0.2) is 9.98 Å². The molecule has 11 heavy (non-hydrogen) atoms. The van der Waals surface area contributed by atoms with Crippen molar-refractivity contribution in [1.82, 2.24) is 0 Å².